The number of amides is 1. The van der Waals surface area contributed by atoms with Gasteiger partial charge in [-0.3, -0.25) is 4.79 Å². The van der Waals surface area contributed by atoms with Crippen molar-refractivity contribution in [2.45, 2.75) is 71.2 Å². The first-order valence-corrected chi connectivity index (χ1v) is 13.9. The van der Waals surface area contributed by atoms with E-state index in [9.17, 15) is 4.79 Å². The molecule has 2 atom stereocenters. The summed E-state index contributed by atoms with van der Waals surface area (Å²) in [6.45, 7) is 13.4. The summed E-state index contributed by atoms with van der Waals surface area (Å²) in [5.41, 5.74) is 0.336. The quantitative estimate of drug-likeness (QED) is 0.437. The van der Waals surface area contributed by atoms with Gasteiger partial charge in [-0.1, -0.05) is 26.0 Å². The van der Waals surface area contributed by atoms with Crippen LogP contribution in [0.4, 0.5) is 0 Å². The zero-order valence-corrected chi connectivity index (χ0v) is 23.2. The maximum absolute atomic E-state index is 13.4. The zero-order valence-electron chi connectivity index (χ0n) is 23.2. The molecule has 1 aromatic carbocycles. The predicted octanol–water partition coefficient (Wildman–Crippen LogP) is 5.06. The Balaban J connectivity index is 1.41. The number of allylic oxidation sites excluding steroid dienone is 3. The first-order valence-electron chi connectivity index (χ1n) is 13.9. The van der Waals surface area contributed by atoms with Crippen LogP contribution < -0.4 is 9.47 Å². The van der Waals surface area contributed by atoms with Crippen molar-refractivity contribution < 1.29 is 23.7 Å². The van der Waals surface area contributed by atoms with E-state index in [1.54, 1.807) is 13.2 Å². The molecule has 0 radical (unpaired) electrons. The van der Waals surface area contributed by atoms with E-state index in [0.717, 1.165) is 57.7 Å². The second-order valence-corrected chi connectivity index (χ2v) is 10.6. The third kappa shape index (κ3) is 6.50. The molecular formula is C30H44N2O5. The molecule has 2 heterocycles. The standard InChI is InChI=1S/C30H44N2O5/c1-6-31(7-2)18-19-35-28-21-30(37-25-11-9-8-10-24(25)28)14-16-32(17-15-30)29(33)23-12-13-26(36-22(3)4)27(20-23)34-5/h8-9,11-13,20,22,24,28H,6-7,10,14-19,21H2,1-5H3. The summed E-state index contributed by atoms with van der Waals surface area (Å²) in [6.07, 6.45) is 10.0. The van der Waals surface area contributed by atoms with Gasteiger partial charge in [0.2, 0.25) is 0 Å². The van der Waals surface area contributed by atoms with E-state index in [0.29, 0.717) is 30.2 Å². The number of ether oxygens (including phenoxy) is 4. The van der Waals surface area contributed by atoms with Crippen molar-refractivity contribution in [1.82, 2.24) is 9.80 Å². The first-order chi connectivity index (χ1) is 17.9. The van der Waals surface area contributed by atoms with Crippen molar-refractivity contribution in [3.05, 3.63) is 47.7 Å². The van der Waals surface area contributed by atoms with Gasteiger partial charge in [0.15, 0.2) is 11.5 Å². The fraction of sp³-hybridized carbons (Fsp3) is 0.633. The Labute approximate surface area is 222 Å². The Bertz CT molecular complexity index is 976. The molecule has 3 aliphatic rings. The monoisotopic (exact) mass is 512 g/mol. The third-order valence-corrected chi connectivity index (χ3v) is 7.88. The first kappa shape index (κ1) is 27.5. The zero-order chi connectivity index (χ0) is 26.4. The van der Waals surface area contributed by atoms with Crippen LogP contribution in [0.5, 0.6) is 11.5 Å². The second kappa shape index (κ2) is 12.4. The number of likely N-dealkylation sites (tertiary alicyclic amines) is 1. The van der Waals surface area contributed by atoms with Gasteiger partial charge in [0.25, 0.3) is 5.91 Å². The number of fused-ring (bicyclic) bond motifs is 1. The third-order valence-electron chi connectivity index (χ3n) is 7.88. The number of hydrogen-bond donors (Lipinski definition) is 0. The van der Waals surface area contributed by atoms with Crippen LogP contribution in [0.15, 0.2) is 42.2 Å². The highest BCUT2D eigenvalue weighted by Gasteiger charge is 2.47. The van der Waals surface area contributed by atoms with Crippen LogP contribution in [0, 0.1) is 5.92 Å². The fourth-order valence-corrected chi connectivity index (χ4v) is 5.68. The molecule has 2 saturated heterocycles. The van der Waals surface area contributed by atoms with Gasteiger partial charge in [0, 0.05) is 50.4 Å². The highest BCUT2D eigenvalue weighted by Crippen LogP contribution is 2.45. The van der Waals surface area contributed by atoms with E-state index in [1.807, 2.05) is 30.9 Å². The number of carbonyl (C=O) groups excluding carboxylic acids is 1. The molecule has 2 unspecified atom stereocenters. The van der Waals surface area contributed by atoms with E-state index < -0.39 is 0 Å². The fourth-order valence-electron chi connectivity index (χ4n) is 5.68. The molecule has 4 rings (SSSR count). The highest BCUT2D eigenvalue weighted by molar-refractivity contribution is 5.95. The molecule has 7 heteroatoms. The van der Waals surface area contributed by atoms with Crippen molar-refractivity contribution in [2.75, 3.05) is 46.4 Å². The largest absolute Gasteiger partial charge is 0.493 e. The summed E-state index contributed by atoms with van der Waals surface area (Å²) >= 11 is 0. The molecule has 7 nitrogen and oxygen atoms in total. The number of hydrogen-bond acceptors (Lipinski definition) is 6. The molecule has 1 spiro atoms. The normalized spacial score (nSPS) is 22.6. The van der Waals surface area contributed by atoms with Gasteiger partial charge in [0.1, 0.15) is 11.4 Å². The molecule has 204 valence electrons. The molecule has 0 aromatic heterocycles. The van der Waals surface area contributed by atoms with E-state index in [4.69, 9.17) is 18.9 Å². The number of rotatable bonds is 10. The van der Waals surface area contributed by atoms with Crippen molar-refractivity contribution in [3.63, 3.8) is 0 Å². The van der Waals surface area contributed by atoms with Crippen molar-refractivity contribution >= 4 is 5.91 Å². The van der Waals surface area contributed by atoms with E-state index >= 15 is 0 Å². The van der Waals surface area contributed by atoms with Gasteiger partial charge < -0.3 is 28.7 Å². The number of piperidine rings is 1. The van der Waals surface area contributed by atoms with Crippen LogP contribution in [-0.2, 0) is 9.47 Å². The minimum absolute atomic E-state index is 0.0183. The molecule has 2 fully saturated rings. The number of likely N-dealkylation sites (N-methyl/N-ethyl adjacent to an activating group) is 1. The van der Waals surface area contributed by atoms with Crippen LogP contribution in [0.1, 0.15) is 63.7 Å². The van der Waals surface area contributed by atoms with E-state index in [2.05, 4.69) is 37.0 Å². The Kier molecular flexibility index (Phi) is 9.19. The van der Waals surface area contributed by atoms with Gasteiger partial charge in [-0.25, -0.2) is 0 Å². The van der Waals surface area contributed by atoms with Crippen LogP contribution >= 0.6 is 0 Å². The summed E-state index contributed by atoms with van der Waals surface area (Å²) in [5, 5.41) is 0. The Morgan fingerprint density at radius 1 is 1.19 bits per heavy atom. The lowest BCUT2D eigenvalue weighted by Gasteiger charge is -2.50. The highest BCUT2D eigenvalue weighted by atomic mass is 16.5. The number of methoxy groups -OCH3 is 1. The van der Waals surface area contributed by atoms with Crippen LogP contribution in [-0.4, -0.2) is 80.0 Å². The van der Waals surface area contributed by atoms with Gasteiger partial charge in [-0.05, 0) is 57.6 Å². The lowest BCUT2D eigenvalue weighted by molar-refractivity contribution is -0.144. The molecule has 0 saturated carbocycles. The average molecular weight is 513 g/mol. The van der Waals surface area contributed by atoms with Crippen LogP contribution in [0.25, 0.3) is 0 Å². The van der Waals surface area contributed by atoms with E-state index in [-0.39, 0.29) is 29.6 Å². The predicted molar refractivity (Wildman–Crippen MR) is 145 cm³/mol. The molecule has 1 amide bonds. The summed E-state index contributed by atoms with van der Waals surface area (Å²) in [7, 11) is 1.60. The summed E-state index contributed by atoms with van der Waals surface area (Å²) in [4.78, 5) is 17.7. The lowest BCUT2D eigenvalue weighted by Crippen LogP contribution is -2.54. The molecule has 1 aromatic rings. The lowest BCUT2D eigenvalue weighted by atomic mass is 9.77. The SMILES string of the molecule is CCN(CC)CCOC1CC2(CCN(C(=O)c3ccc(OC(C)C)c(OC)c3)CC2)OC2=CC=CCC21. The number of carbonyl (C=O) groups is 1. The number of nitrogens with zero attached hydrogens (tertiary/aromatic N) is 2. The topological polar surface area (TPSA) is 60.5 Å². The minimum Gasteiger partial charge on any atom is -0.493 e. The van der Waals surface area contributed by atoms with Crippen molar-refractivity contribution in [1.29, 1.82) is 0 Å². The Morgan fingerprint density at radius 2 is 1.95 bits per heavy atom. The van der Waals surface area contributed by atoms with Gasteiger partial charge in [-0.2, -0.15) is 0 Å². The maximum Gasteiger partial charge on any atom is 0.253 e. The maximum atomic E-state index is 13.4. The molecule has 1 aliphatic carbocycles. The smallest absolute Gasteiger partial charge is 0.253 e. The Hall–Kier alpha value is -2.51. The van der Waals surface area contributed by atoms with Crippen LogP contribution in [0.2, 0.25) is 0 Å². The molecule has 0 bridgehead atoms. The summed E-state index contributed by atoms with van der Waals surface area (Å²) in [6, 6.07) is 5.43. The molecular weight excluding hydrogens is 468 g/mol. The number of benzene rings is 1. The van der Waals surface area contributed by atoms with Crippen molar-refractivity contribution in [3.8, 4) is 11.5 Å². The summed E-state index contributed by atoms with van der Waals surface area (Å²) < 4.78 is 24.5. The van der Waals surface area contributed by atoms with Gasteiger partial charge >= 0.3 is 0 Å². The van der Waals surface area contributed by atoms with Gasteiger partial charge in [0.05, 0.1) is 25.9 Å². The van der Waals surface area contributed by atoms with Crippen molar-refractivity contribution in [2.24, 2.45) is 5.92 Å². The molecule has 2 aliphatic heterocycles. The second-order valence-electron chi connectivity index (χ2n) is 10.6. The molecule has 37 heavy (non-hydrogen) atoms. The van der Waals surface area contributed by atoms with E-state index in [1.165, 1.54) is 0 Å². The van der Waals surface area contributed by atoms with Crippen LogP contribution in [0.3, 0.4) is 0 Å². The molecule has 0 N–H and O–H groups in total. The Morgan fingerprint density at radius 3 is 2.62 bits per heavy atom. The van der Waals surface area contributed by atoms with Gasteiger partial charge in [-0.15, -0.1) is 0 Å². The summed E-state index contributed by atoms with van der Waals surface area (Å²) in [5.74, 6) is 2.58. The average Bonchev–Trinajstić information content (AvgIpc) is 2.91. The minimum atomic E-state index is -0.281.